The third kappa shape index (κ3) is 2.20. The second-order valence-electron chi connectivity index (χ2n) is 3.36. The lowest BCUT2D eigenvalue weighted by molar-refractivity contribution is 0.103. The van der Waals surface area contributed by atoms with E-state index in [9.17, 15) is 4.79 Å². The van der Waals surface area contributed by atoms with Crippen LogP contribution in [0.2, 0.25) is 0 Å². The average molecular weight is 233 g/mol. The summed E-state index contributed by atoms with van der Waals surface area (Å²) in [6, 6.07) is 5.29. The number of pyridine rings is 1. The topological polar surface area (TPSA) is 68.0 Å². The lowest BCUT2D eigenvalue weighted by atomic mass is 10.3. The lowest BCUT2D eigenvalue weighted by Gasteiger charge is -2.03. The van der Waals surface area contributed by atoms with Crippen LogP contribution in [0.4, 0.5) is 11.5 Å². The number of nitrogens with one attached hydrogen (secondary N) is 1. The van der Waals surface area contributed by atoms with Crippen molar-refractivity contribution in [2.24, 2.45) is 0 Å². The van der Waals surface area contributed by atoms with Gasteiger partial charge >= 0.3 is 0 Å². The monoisotopic (exact) mass is 233 g/mol. The van der Waals surface area contributed by atoms with Crippen LogP contribution < -0.4 is 11.1 Å². The first-order chi connectivity index (χ1) is 7.66. The molecule has 3 N–H and O–H groups in total. The van der Waals surface area contributed by atoms with Gasteiger partial charge in [-0.3, -0.25) is 4.79 Å². The molecule has 0 radical (unpaired) electrons. The molecule has 0 saturated carbocycles. The summed E-state index contributed by atoms with van der Waals surface area (Å²) in [6.07, 6.45) is 1.54. The maximum Gasteiger partial charge on any atom is 0.266 e. The van der Waals surface area contributed by atoms with Gasteiger partial charge in [0.05, 0.1) is 16.8 Å². The van der Waals surface area contributed by atoms with Crippen LogP contribution in [0.3, 0.4) is 0 Å². The molecule has 0 fully saturated rings. The van der Waals surface area contributed by atoms with E-state index in [4.69, 9.17) is 5.73 Å². The highest BCUT2D eigenvalue weighted by Gasteiger charge is 2.10. The molecule has 0 spiro atoms. The van der Waals surface area contributed by atoms with E-state index >= 15 is 0 Å². The molecule has 0 aliphatic rings. The third-order valence-electron chi connectivity index (χ3n) is 2.11. The number of carbonyl (C=O) groups excluding carboxylic acids is 1. The quantitative estimate of drug-likeness (QED) is 0.836. The number of hydrogen-bond acceptors (Lipinski definition) is 4. The maximum absolute atomic E-state index is 11.8. The van der Waals surface area contributed by atoms with Gasteiger partial charge in [-0.2, -0.15) is 0 Å². The Morgan fingerprint density at radius 1 is 1.44 bits per heavy atom. The fraction of sp³-hybridized carbons (Fsp3) is 0.0909. The van der Waals surface area contributed by atoms with E-state index in [0.29, 0.717) is 11.5 Å². The zero-order valence-electron chi connectivity index (χ0n) is 8.73. The number of amides is 1. The Labute approximate surface area is 97.1 Å². The molecule has 2 aromatic rings. The van der Waals surface area contributed by atoms with Crippen LogP contribution in [0.1, 0.15) is 15.2 Å². The van der Waals surface area contributed by atoms with E-state index in [0.717, 1.165) is 10.4 Å². The second kappa shape index (κ2) is 4.32. The molecule has 0 bridgehead atoms. The molecule has 0 unspecified atom stereocenters. The molecule has 0 aromatic carbocycles. The van der Waals surface area contributed by atoms with E-state index in [1.807, 2.05) is 18.4 Å². The smallest absolute Gasteiger partial charge is 0.266 e. The van der Waals surface area contributed by atoms with Crippen molar-refractivity contribution in [2.75, 3.05) is 11.1 Å². The van der Waals surface area contributed by atoms with Crippen LogP contribution in [-0.4, -0.2) is 10.9 Å². The number of thiophene rings is 1. The van der Waals surface area contributed by atoms with Gasteiger partial charge in [0.1, 0.15) is 5.82 Å². The van der Waals surface area contributed by atoms with Crippen LogP contribution in [0.25, 0.3) is 0 Å². The number of carbonyl (C=O) groups is 1. The van der Waals surface area contributed by atoms with Gasteiger partial charge in [-0.05, 0) is 36.1 Å². The van der Waals surface area contributed by atoms with Crippen LogP contribution in [0.5, 0.6) is 0 Å². The molecule has 2 heterocycles. The Balaban J connectivity index is 2.14. The molecule has 5 heteroatoms. The Morgan fingerprint density at radius 2 is 2.25 bits per heavy atom. The zero-order valence-corrected chi connectivity index (χ0v) is 9.54. The Kier molecular flexibility index (Phi) is 2.87. The molecular formula is C11H11N3OS. The molecule has 0 saturated heterocycles. The summed E-state index contributed by atoms with van der Waals surface area (Å²) in [7, 11) is 0. The second-order valence-corrected chi connectivity index (χ2v) is 4.27. The zero-order chi connectivity index (χ0) is 11.5. The minimum atomic E-state index is -0.112. The fourth-order valence-corrected chi connectivity index (χ4v) is 2.09. The van der Waals surface area contributed by atoms with E-state index in [-0.39, 0.29) is 5.91 Å². The van der Waals surface area contributed by atoms with Gasteiger partial charge in [-0.15, -0.1) is 11.3 Å². The summed E-state index contributed by atoms with van der Waals surface area (Å²) in [5.41, 5.74) is 7.08. The van der Waals surface area contributed by atoms with Gasteiger partial charge in [0, 0.05) is 0 Å². The Bertz CT molecular complexity index is 504. The van der Waals surface area contributed by atoms with Gasteiger partial charge < -0.3 is 11.1 Å². The van der Waals surface area contributed by atoms with Crippen LogP contribution in [-0.2, 0) is 0 Å². The van der Waals surface area contributed by atoms with Crippen LogP contribution >= 0.6 is 11.3 Å². The molecule has 0 aliphatic carbocycles. The van der Waals surface area contributed by atoms with Gasteiger partial charge in [0.2, 0.25) is 0 Å². The van der Waals surface area contributed by atoms with Crippen molar-refractivity contribution in [3.63, 3.8) is 0 Å². The van der Waals surface area contributed by atoms with Crippen LogP contribution in [0, 0.1) is 6.92 Å². The van der Waals surface area contributed by atoms with E-state index < -0.39 is 0 Å². The first-order valence-electron chi connectivity index (χ1n) is 4.74. The third-order valence-corrected chi connectivity index (χ3v) is 3.13. The highest BCUT2D eigenvalue weighted by atomic mass is 32.1. The van der Waals surface area contributed by atoms with Gasteiger partial charge in [-0.25, -0.2) is 4.98 Å². The molecule has 0 atom stereocenters. The molecule has 0 aliphatic heterocycles. The summed E-state index contributed by atoms with van der Waals surface area (Å²) >= 11 is 1.42. The summed E-state index contributed by atoms with van der Waals surface area (Å²) < 4.78 is 0. The first kappa shape index (κ1) is 10.6. The summed E-state index contributed by atoms with van der Waals surface area (Å²) in [5.74, 6) is 0.323. The highest BCUT2D eigenvalue weighted by molar-refractivity contribution is 7.12. The summed E-state index contributed by atoms with van der Waals surface area (Å²) in [5, 5.41) is 4.66. The molecular weight excluding hydrogens is 222 g/mol. The normalized spacial score (nSPS) is 10.1. The Hall–Kier alpha value is -1.88. The molecule has 2 aromatic heterocycles. The number of aromatic nitrogens is 1. The number of anilines is 2. The molecule has 1 amide bonds. The first-order valence-corrected chi connectivity index (χ1v) is 5.62. The number of aryl methyl sites for hydroxylation is 1. The van der Waals surface area contributed by atoms with Crippen molar-refractivity contribution in [1.29, 1.82) is 0 Å². The largest absolute Gasteiger partial charge is 0.384 e. The van der Waals surface area contributed by atoms with Crippen LogP contribution in [0.15, 0.2) is 29.8 Å². The summed E-state index contributed by atoms with van der Waals surface area (Å²) in [4.78, 5) is 16.4. The van der Waals surface area contributed by atoms with Gasteiger partial charge in [-0.1, -0.05) is 0 Å². The molecule has 82 valence electrons. The molecule has 4 nitrogen and oxygen atoms in total. The van der Waals surface area contributed by atoms with Crippen molar-refractivity contribution >= 4 is 28.7 Å². The molecule has 16 heavy (non-hydrogen) atoms. The van der Waals surface area contributed by atoms with Gasteiger partial charge in [0.25, 0.3) is 5.91 Å². The maximum atomic E-state index is 11.8. The van der Waals surface area contributed by atoms with E-state index in [2.05, 4.69) is 10.3 Å². The SMILES string of the molecule is Cc1ccsc1C(=O)Nc1ccc(N)nc1. The minimum absolute atomic E-state index is 0.112. The van der Waals surface area contributed by atoms with Crippen molar-refractivity contribution in [2.45, 2.75) is 6.92 Å². The van der Waals surface area contributed by atoms with Crippen molar-refractivity contribution in [3.05, 3.63) is 40.2 Å². The van der Waals surface area contributed by atoms with E-state index in [1.165, 1.54) is 17.5 Å². The van der Waals surface area contributed by atoms with Crippen molar-refractivity contribution < 1.29 is 4.79 Å². The number of nitrogens with two attached hydrogens (primary N) is 1. The minimum Gasteiger partial charge on any atom is -0.384 e. The number of hydrogen-bond donors (Lipinski definition) is 2. The van der Waals surface area contributed by atoms with Crippen molar-refractivity contribution in [3.8, 4) is 0 Å². The van der Waals surface area contributed by atoms with Gasteiger partial charge in [0.15, 0.2) is 0 Å². The summed E-state index contributed by atoms with van der Waals surface area (Å²) in [6.45, 7) is 1.91. The Morgan fingerprint density at radius 3 is 2.81 bits per heavy atom. The fourth-order valence-electron chi connectivity index (χ4n) is 1.27. The number of nitrogens with zero attached hydrogens (tertiary/aromatic N) is 1. The lowest BCUT2D eigenvalue weighted by Crippen LogP contribution is -2.11. The van der Waals surface area contributed by atoms with E-state index in [1.54, 1.807) is 12.1 Å². The number of nitrogen functional groups attached to an aromatic ring is 1. The highest BCUT2D eigenvalue weighted by Crippen LogP contribution is 2.17. The van der Waals surface area contributed by atoms with Crippen molar-refractivity contribution in [1.82, 2.24) is 4.98 Å². The molecule has 2 rings (SSSR count). The predicted octanol–water partition coefficient (Wildman–Crippen LogP) is 2.29. The average Bonchev–Trinajstić information content (AvgIpc) is 2.68. The predicted molar refractivity (Wildman–Crippen MR) is 65.7 cm³/mol. The standard InChI is InChI=1S/C11H11N3OS/c1-7-4-5-16-10(7)11(15)14-8-2-3-9(12)13-6-8/h2-6H,1H3,(H2,12,13)(H,14,15). The number of rotatable bonds is 2.